The number of nitrogens with two attached hydrogens (primary N) is 1. The van der Waals surface area contributed by atoms with Gasteiger partial charge in [0.1, 0.15) is 0 Å². The molecule has 1 unspecified atom stereocenters. The van der Waals surface area contributed by atoms with E-state index in [4.69, 9.17) is 10.5 Å². The maximum atomic E-state index is 13.6. The van der Waals surface area contributed by atoms with E-state index in [1.54, 1.807) is 17.4 Å². The molecular weight excluding hydrogens is 263 g/mol. The van der Waals surface area contributed by atoms with Crippen LogP contribution >= 0.6 is 11.3 Å². The van der Waals surface area contributed by atoms with Crippen molar-refractivity contribution < 1.29 is 9.13 Å². The summed E-state index contributed by atoms with van der Waals surface area (Å²) in [6, 6.07) is 4.79. The summed E-state index contributed by atoms with van der Waals surface area (Å²) in [4.78, 5) is 5.43. The van der Waals surface area contributed by atoms with Crippen LogP contribution in [-0.4, -0.2) is 12.1 Å². The molecule has 5 heteroatoms. The Morgan fingerprint density at radius 3 is 2.68 bits per heavy atom. The molecule has 0 saturated carbocycles. The van der Waals surface area contributed by atoms with E-state index < -0.39 is 0 Å². The summed E-state index contributed by atoms with van der Waals surface area (Å²) in [6.45, 7) is 3.91. The Bertz CT molecular complexity index is 583. The standard InChI is InChI=1S/C14H17FN2OS/c1-8-14(19-9(2)17-8)12(16)7-10-4-5-13(18-3)11(15)6-10/h4-6,12H,7,16H2,1-3H3. The first kappa shape index (κ1) is 14.0. The van der Waals surface area contributed by atoms with Gasteiger partial charge in [-0.25, -0.2) is 9.37 Å². The average molecular weight is 280 g/mol. The summed E-state index contributed by atoms with van der Waals surface area (Å²) < 4.78 is 18.5. The van der Waals surface area contributed by atoms with E-state index in [9.17, 15) is 4.39 Å². The van der Waals surface area contributed by atoms with Gasteiger partial charge in [0.05, 0.1) is 17.8 Å². The zero-order valence-electron chi connectivity index (χ0n) is 11.2. The minimum absolute atomic E-state index is 0.154. The Hall–Kier alpha value is -1.46. The zero-order chi connectivity index (χ0) is 14.0. The Labute approximate surface area is 116 Å². The number of aryl methyl sites for hydroxylation is 2. The van der Waals surface area contributed by atoms with Crippen LogP contribution in [0.1, 0.15) is 27.2 Å². The molecule has 2 rings (SSSR count). The Kier molecular flexibility index (Phi) is 4.17. The molecule has 0 aliphatic carbocycles. The third-order valence-corrected chi connectivity index (χ3v) is 4.15. The largest absolute Gasteiger partial charge is 0.494 e. The van der Waals surface area contributed by atoms with Crippen LogP contribution in [0, 0.1) is 19.7 Å². The predicted octanol–water partition coefficient (Wildman–Crippen LogP) is 3.15. The fourth-order valence-corrected chi connectivity index (χ4v) is 3.00. The molecule has 19 heavy (non-hydrogen) atoms. The molecule has 0 fully saturated rings. The molecular formula is C14H17FN2OS. The van der Waals surface area contributed by atoms with Crippen molar-refractivity contribution >= 4 is 11.3 Å². The normalized spacial score (nSPS) is 12.5. The smallest absolute Gasteiger partial charge is 0.165 e. The van der Waals surface area contributed by atoms with Gasteiger partial charge >= 0.3 is 0 Å². The van der Waals surface area contributed by atoms with Gasteiger partial charge in [-0.3, -0.25) is 0 Å². The van der Waals surface area contributed by atoms with Gasteiger partial charge < -0.3 is 10.5 Å². The summed E-state index contributed by atoms with van der Waals surface area (Å²) in [6.07, 6.45) is 0.587. The highest BCUT2D eigenvalue weighted by molar-refractivity contribution is 7.11. The quantitative estimate of drug-likeness (QED) is 0.936. The lowest BCUT2D eigenvalue weighted by Gasteiger charge is -2.11. The lowest BCUT2D eigenvalue weighted by Crippen LogP contribution is -2.13. The number of methoxy groups -OCH3 is 1. The molecule has 1 atom stereocenters. The monoisotopic (exact) mass is 280 g/mol. The van der Waals surface area contributed by atoms with E-state index in [0.29, 0.717) is 6.42 Å². The number of halogens is 1. The van der Waals surface area contributed by atoms with E-state index in [1.807, 2.05) is 19.9 Å². The van der Waals surface area contributed by atoms with Crippen molar-refractivity contribution in [3.05, 3.63) is 45.2 Å². The number of nitrogens with zero attached hydrogens (tertiary/aromatic N) is 1. The van der Waals surface area contributed by atoms with Gasteiger partial charge in [0.25, 0.3) is 0 Å². The average Bonchev–Trinajstić information content (AvgIpc) is 2.69. The first-order chi connectivity index (χ1) is 9.01. The molecule has 0 aliphatic heterocycles. The minimum atomic E-state index is -0.357. The molecule has 1 heterocycles. The third-order valence-electron chi connectivity index (χ3n) is 2.95. The molecule has 0 amide bonds. The van der Waals surface area contributed by atoms with Crippen molar-refractivity contribution in [2.75, 3.05) is 7.11 Å². The van der Waals surface area contributed by atoms with Crippen LogP contribution in [0.25, 0.3) is 0 Å². The van der Waals surface area contributed by atoms with E-state index in [0.717, 1.165) is 21.1 Å². The van der Waals surface area contributed by atoms with Crippen LogP contribution in [0.2, 0.25) is 0 Å². The minimum Gasteiger partial charge on any atom is -0.494 e. The van der Waals surface area contributed by atoms with Gasteiger partial charge in [-0.15, -0.1) is 11.3 Å². The Morgan fingerprint density at radius 2 is 2.16 bits per heavy atom. The van der Waals surface area contributed by atoms with Gasteiger partial charge in [0, 0.05) is 10.9 Å². The van der Waals surface area contributed by atoms with Crippen molar-refractivity contribution in [3.63, 3.8) is 0 Å². The first-order valence-electron chi connectivity index (χ1n) is 6.03. The van der Waals surface area contributed by atoms with Crippen molar-refractivity contribution in [2.45, 2.75) is 26.3 Å². The summed E-state index contributed by atoms with van der Waals surface area (Å²) in [5.74, 6) is -0.105. The third kappa shape index (κ3) is 3.11. The second-order valence-corrected chi connectivity index (χ2v) is 5.70. The number of ether oxygens (including phenoxy) is 1. The highest BCUT2D eigenvalue weighted by atomic mass is 32.1. The summed E-state index contributed by atoms with van der Waals surface area (Å²) in [7, 11) is 1.45. The summed E-state index contributed by atoms with van der Waals surface area (Å²) >= 11 is 1.60. The van der Waals surface area contributed by atoms with Gasteiger partial charge in [0.15, 0.2) is 11.6 Å². The maximum Gasteiger partial charge on any atom is 0.165 e. The second kappa shape index (κ2) is 5.67. The lowest BCUT2D eigenvalue weighted by molar-refractivity contribution is 0.386. The lowest BCUT2D eigenvalue weighted by atomic mass is 10.0. The second-order valence-electron chi connectivity index (χ2n) is 4.46. The van der Waals surface area contributed by atoms with Gasteiger partial charge in [-0.1, -0.05) is 6.07 Å². The number of aromatic nitrogens is 1. The van der Waals surface area contributed by atoms with E-state index in [1.165, 1.54) is 13.2 Å². The molecule has 102 valence electrons. The van der Waals surface area contributed by atoms with Crippen molar-refractivity contribution in [3.8, 4) is 5.75 Å². The Balaban J connectivity index is 2.17. The molecule has 1 aromatic carbocycles. The Morgan fingerprint density at radius 1 is 1.42 bits per heavy atom. The number of thiazole rings is 1. The van der Waals surface area contributed by atoms with Crippen LogP contribution in [-0.2, 0) is 6.42 Å². The fourth-order valence-electron chi connectivity index (χ4n) is 2.07. The predicted molar refractivity (Wildman–Crippen MR) is 75.2 cm³/mol. The SMILES string of the molecule is COc1ccc(CC(N)c2sc(C)nc2C)cc1F. The van der Waals surface area contributed by atoms with Crippen molar-refractivity contribution in [2.24, 2.45) is 5.73 Å². The van der Waals surface area contributed by atoms with Gasteiger partial charge in [0.2, 0.25) is 0 Å². The number of hydrogen-bond acceptors (Lipinski definition) is 4. The van der Waals surface area contributed by atoms with Crippen molar-refractivity contribution in [1.29, 1.82) is 0 Å². The molecule has 1 aromatic heterocycles. The fraction of sp³-hybridized carbons (Fsp3) is 0.357. The van der Waals surface area contributed by atoms with E-state index in [-0.39, 0.29) is 17.6 Å². The van der Waals surface area contributed by atoms with E-state index >= 15 is 0 Å². The molecule has 0 spiro atoms. The molecule has 2 aromatic rings. The number of benzene rings is 1. The van der Waals surface area contributed by atoms with Crippen LogP contribution < -0.4 is 10.5 Å². The van der Waals surface area contributed by atoms with Gasteiger partial charge in [-0.05, 0) is 38.0 Å². The zero-order valence-corrected chi connectivity index (χ0v) is 12.1. The summed E-state index contributed by atoms with van der Waals surface area (Å²) in [5, 5.41) is 1.00. The van der Waals surface area contributed by atoms with Crippen LogP contribution in [0.15, 0.2) is 18.2 Å². The van der Waals surface area contributed by atoms with Crippen molar-refractivity contribution in [1.82, 2.24) is 4.98 Å². The van der Waals surface area contributed by atoms with Crippen LogP contribution in [0.5, 0.6) is 5.75 Å². The van der Waals surface area contributed by atoms with Crippen LogP contribution in [0.4, 0.5) is 4.39 Å². The van der Waals surface area contributed by atoms with E-state index in [2.05, 4.69) is 4.98 Å². The molecule has 2 N–H and O–H groups in total. The molecule has 0 aliphatic rings. The molecule has 0 radical (unpaired) electrons. The maximum absolute atomic E-state index is 13.6. The van der Waals surface area contributed by atoms with Gasteiger partial charge in [-0.2, -0.15) is 0 Å². The number of rotatable bonds is 4. The highest BCUT2D eigenvalue weighted by Gasteiger charge is 2.15. The first-order valence-corrected chi connectivity index (χ1v) is 6.85. The molecule has 0 saturated heterocycles. The molecule has 3 nitrogen and oxygen atoms in total. The summed E-state index contributed by atoms with van der Waals surface area (Å²) in [5.41, 5.74) is 8.00. The topological polar surface area (TPSA) is 48.1 Å². The van der Waals surface area contributed by atoms with Crippen LogP contribution in [0.3, 0.4) is 0 Å². The molecule has 0 bridgehead atoms. The highest BCUT2D eigenvalue weighted by Crippen LogP contribution is 2.27. The number of hydrogen-bond donors (Lipinski definition) is 1.